The minimum Gasteiger partial charge on any atom is -0.444 e. The van der Waals surface area contributed by atoms with Crippen molar-refractivity contribution in [2.24, 2.45) is 4.99 Å². The first-order chi connectivity index (χ1) is 13.3. The summed E-state index contributed by atoms with van der Waals surface area (Å²) in [6.45, 7) is 9.30. The molecule has 0 radical (unpaired) electrons. The maximum absolute atomic E-state index is 12.3. The van der Waals surface area contributed by atoms with Gasteiger partial charge in [0.1, 0.15) is 5.60 Å². The number of amides is 2. The van der Waals surface area contributed by atoms with Crippen LogP contribution in [0.5, 0.6) is 0 Å². The summed E-state index contributed by atoms with van der Waals surface area (Å²) in [6.07, 6.45) is -0.266. The van der Waals surface area contributed by atoms with E-state index in [0.717, 1.165) is 5.96 Å². The monoisotopic (exact) mass is 387 g/mol. The van der Waals surface area contributed by atoms with Crippen LogP contribution in [0.25, 0.3) is 0 Å². The highest BCUT2D eigenvalue weighted by Crippen LogP contribution is 2.18. The molecule has 1 fully saturated rings. The third kappa shape index (κ3) is 5.15. The first-order valence-corrected chi connectivity index (χ1v) is 9.69. The molecular formula is C20H29N5O3. The Morgan fingerprint density at radius 1 is 1.18 bits per heavy atom. The SMILES string of the molecule is CC(C)(C)OC(=O)N1CCN2C(NCCNC(=O)c3ccccc3)=NCC2C1. The maximum Gasteiger partial charge on any atom is 0.410 e. The lowest BCUT2D eigenvalue weighted by Crippen LogP contribution is -2.57. The van der Waals surface area contributed by atoms with E-state index in [4.69, 9.17) is 4.74 Å². The summed E-state index contributed by atoms with van der Waals surface area (Å²) in [5.74, 6) is 0.752. The van der Waals surface area contributed by atoms with E-state index in [1.165, 1.54) is 0 Å². The molecule has 152 valence electrons. The van der Waals surface area contributed by atoms with Crippen molar-refractivity contribution in [1.82, 2.24) is 20.4 Å². The van der Waals surface area contributed by atoms with Crippen LogP contribution in [0.2, 0.25) is 0 Å². The van der Waals surface area contributed by atoms with Gasteiger partial charge in [-0.15, -0.1) is 0 Å². The van der Waals surface area contributed by atoms with Crippen molar-refractivity contribution in [3.63, 3.8) is 0 Å². The standard InChI is InChI=1S/C20H29N5O3/c1-20(2,3)28-19(27)24-11-12-25-16(14-24)13-23-18(25)22-10-9-21-17(26)15-7-5-4-6-8-15/h4-8,16H,9-14H2,1-3H3,(H,21,26)(H,22,23). The molecule has 8 heteroatoms. The van der Waals surface area contributed by atoms with E-state index in [0.29, 0.717) is 44.8 Å². The van der Waals surface area contributed by atoms with Crippen LogP contribution in [0, 0.1) is 0 Å². The van der Waals surface area contributed by atoms with Gasteiger partial charge in [0.25, 0.3) is 5.91 Å². The number of carbonyl (C=O) groups is 2. The van der Waals surface area contributed by atoms with E-state index in [1.54, 1.807) is 17.0 Å². The normalized spacial score (nSPS) is 19.0. The molecule has 2 N–H and O–H groups in total. The van der Waals surface area contributed by atoms with Gasteiger partial charge < -0.3 is 25.2 Å². The average molecular weight is 387 g/mol. The van der Waals surface area contributed by atoms with Gasteiger partial charge in [-0.3, -0.25) is 9.79 Å². The second-order valence-corrected chi connectivity index (χ2v) is 7.99. The third-order valence-corrected chi connectivity index (χ3v) is 4.59. The Morgan fingerprint density at radius 3 is 2.64 bits per heavy atom. The largest absolute Gasteiger partial charge is 0.444 e. The molecule has 0 spiro atoms. The quantitative estimate of drug-likeness (QED) is 0.761. The highest BCUT2D eigenvalue weighted by molar-refractivity contribution is 5.94. The van der Waals surface area contributed by atoms with Crippen molar-refractivity contribution < 1.29 is 14.3 Å². The molecule has 2 aliphatic rings. The van der Waals surface area contributed by atoms with Crippen molar-refractivity contribution in [1.29, 1.82) is 0 Å². The molecule has 0 saturated carbocycles. The summed E-state index contributed by atoms with van der Waals surface area (Å²) >= 11 is 0. The van der Waals surface area contributed by atoms with Crippen molar-refractivity contribution in [2.45, 2.75) is 32.4 Å². The van der Waals surface area contributed by atoms with Gasteiger partial charge in [0.2, 0.25) is 0 Å². The lowest BCUT2D eigenvalue weighted by molar-refractivity contribution is 0.0137. The Labute approximate surface area is 165 Å². The van der Waals surface area contributed by atoms with Crippen LogP contribution in [0.15, 0.2) is 35.3 Å². The molecule has 0 bridgehead atoms. The minimum absolute atomic E-state index is 0.0837. The van der Waals surface area contributed by atoms with E-state index in [-0.39, 0.29) is 18.0 Å². The molecule has 2 aliphatic heterocycles. The van der Waals surface area contributed by atoms with Crippen LogP contribution in [0.3, 0.4) is 0 Å². The molecule has 0 aromatic heterocycles. The molecule has 3 rings (SSSR count). The number of carbonyl (C=O) groups excluding carboxylic acids is 2. The summed E-state index contributed by atoms with van der Waals surface area (Å²) in [6, 6.07) is 9.32. The molecule has 2 heterocycles. The number of nitrogens with one attached hydrogen (secondary N) is 2. The number of hydrogen-bond acceptors (Lipinski definition) is 6. The fourth-order valence-corrected chi connectivity index (χ4v) is 3.26. The molecular weight excluding hydrogens is 358 g/mol. The number of ether oxygens (including phenoxy) is 1. The molecule has 1 unspecified atom stereocenters. The lowest BCUT2D eigenvalue weighted by Gasteiger charge is -2.39. The number of fused-ring (bicyclic) bond motifs is 1. The van der Waals surface area contributed by atoms with Gasteiger partial charge >= 0.3 is 6.09 Å². The molecule has 0 aliphatic carbocycles. The average Bonchev–Trinajstić information content (AvgIpc) is 3.06. The first kappa shape index (κ1) is 20.0. The van der Waals surface area contributed by atoms with Gasteiger partial charge in [0.15, 0.2) is 5.96 Å². The second-order valence-electron chi connectivity index (χ2n) is 7.99. The zero-order chi connectivity index (χ0) is 20.1. The smallest absolute Gasteiger partial charge is 0.410 e. The Balaban J connectivity index is 1.40. The third-order valence-electron chi connectivity index (χ3n) is 4.59. The van der Waals surface area contributed by atoms with E-state index < -0.39 is 5.60 Å². The number of hydrogen-bond donors (Lipinski definition) is 2. The number of aliphatic imine (C=N–C) groups is 1. The van der Waals surface area contributed by atoms with Gasteiger partial charge in [-0.1, -0.05) is 18.2 Å². The van der Waals surface area contributed by atoms with Crippen molar-refractivity contribution >= 4 is 18.0 Å². The number of nitrogens with zero attached hydrogens (tertiary/aromatic N) is 3. The first-order valence-electron chi connectivity index (χ1n) is 9.69. The molecule has 1 aromatic rings. The number of benzene rings is 1. The van der Waals surface area contributed by atoms with Gasteiger partial charge in [0, 0.05) is 38.3 Å². The highest BCUT2D eigenvalue weighted by Gasteiger charge is 2.36. The predicted octanol–water partition coefficient (Wildman–Crippen LogP) is 1.30. The molecule has 1 aromatic carbocycles. The zero-order valence-electron chi connectivity index (χ0n) is 16.8. The van der Waals surface area contributed by atoms with Crippen LogP contribution < -0.4 is 10.6 Å². The molecule has 28 heavy (non-hydrogen) atoms. The Morgan fingerprint density at radius 2 is 1.93 bits per heavy atom. The van der Waals surface area contributed by atoms with Crippen LogP contribution in [-0.4, -0.2) is 78.7 Å². The molecule has 1 saturated heterocycles. The zero-order valence-corrected chi connectivity index (χ0v) is 16.8. The van der Waals surface area contributed by atoms with E-state index in [1.807, 2.05) is 39.0 Å². The highest BCUT2D eigenvalue weighted by atomic mass is 16.6. The van der Waals surface area contributed by atoms with E-state index >= 15 is 0 Å². The van der Waals surface area contributed by atoms with Crippen molar-refractivity contribution in [3.8, 4) is 0 Å². The number of guanidine groups is 1. The predicted molar refractivity (Wildman–Crippen MR) is 107 cm³/mol. The van der Waals surface area contributed by atoms with Crippen LogP contribution in [0.4, 0.5) is 4.79 Å². The summed E-state index contributed by atoms with van der Waals surface area (Å²) < 4.78 is 5.47. The Kier molecular flexibility index (Phi) is 6.06. The van der Waals surface area contributed by atoms with Gasteiger partial charge in [-0.2, -0.15) is 0 Å². The number of rotatable bonds is 4. The summed E-state index contributed by atoms with van der Waals surface area (Å²) in [5.41, 5.74) is 0.163. The number of piperazine rings is 1. The Hall–Kier alpha value is -2.77. The van der Waals surface area contributed by atoms with Crippen LogP contribution in [-0.2, 0) is 4.74 Å². The van der Waals surface area contributed by atoms with Gasteiger partial charge in [0.05, 0.1) is 12.6 Å². The van der Waals surface area contributed by atoms with Crippen LogP contribution in [0.1, 0.15) is 31.1 Å². The summed E-state index contributed by atoms with van der Waals surface area (Å²) in [5, 5.41) is 6.19. The lowest BCUT2D eigenvalue weighted by atomic mass is 10.2. The van der Waals surface area contributed by atoms with Gasteiger partial charge in [-0.05, 0) is 32.9 Å². The van der Waals surface area contributed by atoms with Gasteiger partial charge in [-0.25, -0.2) is 4.79 Å². The summed E-state index contributed by atoms with van der Waals surface area (Å²) in [4.78, 5) is 32.8. The van der Waals surface area contributed by atoms with E-state index in [9.17, 15) is 9.59 Å². The minimum atomic E-state index is -0.489. The van der Waals surface area contributed by atoms with E-state index in [2.05, 4.69) is 20.5 Å². The summed E-state index contributed by atoms with van der Waals surface area (Å²) in [7, 11) is 0. The topological polar surface area (TPSA) is 86.3 Å². The molecule has 2 amide bonds. The fraction of sp³-hybridized carbons (Fsp3) is 0.550. The second kappa shape index (κ2) is 8.50. The van der Waals surface area contributed by atoms with Crippen molar-refractivity contribution in [3.05, 3.63) is 35.9 Å². The van der Waals surface area contributed by atoms with Crippen LogP contribution >= 0.6 is 0 Å². The molecule has 1 atom stereocenters. The van der Waals surface area contributed by atoms with Crippen molar-refractivity contribution in [2.75, 3.05) is 39.3 Å². The Bertz CT molecular complexity index is 729. The fourth-order valence-electron chi connectivity index (χ4n) is 3.26. The molecule has 8 nitrogen and oxygen atoms in total. The maximum atomic E-state index is 12.3.